The molecule has 0 unspecified atom stereocenters. The lowest BCUT2D eigenvalue weighted by molar-refractivity contribution is 0.0858. The zero-order chi connectivity index (χ0) is 12.3. The van der Waals surface area contributed by atoms with Crippen LogP contribution in [-0.4, -0.2) is 25.2 Å². The molecule has 0 saturated carbocycles. The second-order valence-corrected chi connectivity index (χ2v) is 4.88. The number of halogens is 2. The number of ether oxygens (including phenoxy) is 1. The third-order valence-electron chi connectivity index (χ3n) is 2.64. The van der Waals surface area contributed by atoms with Gasteiger partial charge in [0.15, 0.2) is 0 Å². The Morgan fingerprint density at radius 1 is 1.35 bits per heavy atom. The summed E-state index contributed by atoms with van der Waals surface area (Å²) in [7, 11) is 0. The minimum Gasteiger partial charge on any atom is -0.376 e. The molecular formula is C12H13Cl2NO2. The van der Waals surface area contributed by atoms with E-state index in [4.69, 9.17) is 27.9 Å². The van der Waals surface area contributed by atoms with Crippen LogP contribution in [0, 0.1) is 0 Å². The number of rotatable bonds is 3. The van der Waals surface area contributed by atoms with Gasteiger partial charge in [-0.15, -0.1) is 0 Å². The van der Waals surface area contributed by atoms with E-state index in [1.165, 1.54) is 0 Å². The number of carbonyl (C=O) groups excluding carboxylic acids is 1. The lowest BCUT2D eigenvalue weighted by atomic mass is 10.2. The van der Waals surface area contributed by atoms with Crippen molar-refractivity contribution < 1.29 is 9.53 Å². The fourth-order valence-electron chi connectivity index (χ4n) is 1.80. The molecule has 5 heteroatoms. The van der Waals surface area contributed by atoms with Crippen molar-refractivity contribution in [3.05, 3.63) is 33.8 Å². The van der Waals surface area contributed by atoms with E-state index in [2.05, 4.69) is 5.32 Å². The molecule has 2 rings (SSSR count). The average Bonchev–Trinajstić information content (AvgIpc) is 2.77. The largest absolute Gasteiger partial charge is 0.376 e. The Labute approximate surface area is 110 Å². The van der Waals surface area contributed by atoms with Crippen LogP contribution in [0.25, 0.3) is 0 Å². The third kappa shape index (κ3) is 3.60. The monoisotopic (exact) mass is 273 g/mol. The number of hydrogen-bond acceptors (Lipinski definition) is 2. The van der Waals surface area contributed by atoms with Crippen molar-refractivity contribution >= 4 is 29.1 Å². The molecule has 1 aliphatic rings. The Kier molecular flexibility index (Phi) is 4.26. The number of nitrogens with one attached hydrogen (secondary N) is 1. The van der Waals surface area contributed by atoms with Crippen LogP contribution in [0.3, 0.4) is 0 Å². The molecule has 1 saturated heterocycles. The maximum absolute atomic E-state index is 11.8. The Bertz CT molecular complexity index is 397. The first kappa shape index (κ1) is 12.7. The molecule has 1 fully saturated rings. The average molecular weight is 274 g/mol. The van der Waals surface area contributed by atoms with Crippen molar-refractivity contribution in [3.63, 3.8) is 0 Å². The molecule has 1 atom stereocenters. The molecule has 1 N–H and O–H groups in total. The van der Waals surface area contributed by atoms with E-state index in [9.17, 15) is 4.79 Å². The molecule has 0 aromatic heterocycles. The Morgan fingerprint density at radius 3 is 2.65 bits per heavy atom. The van der Waals surface area contributed by atoms with Crippen molar-refractivity contribution in [1.29, 1.82) is 0 Å². The summed E-state index contributed by atoms with van der Waals surface area (Å²) in [5.41, 5.74) is 0.473. The predicted molar refractivity (Wildman–Crippen MR) is 67.8 cm³/mol. The van der Waals surface area contributed by atoms with E-state index in [0.717, 1.165) is 19.4 Å². The van der Waals surface area contributed by atoms with Gasteiger partial charge in [0.25, 0.3) is 5.91 Å². The second-order valence-electron chi connectivity index (χ2n) is 4.00. The fourth-order valence-corrected chi connectivity index (χ4v) is 2.32. The Hall–Kier alpha value is -0.770. The van der Waals surface area contributed by atoms with Gasteiger partial charge >= 0.3 is 0 Å². The number of carbonyl (C=O) groups is 1. The normalized spacial score (nSPS) is 19.3. The fraction of sp³-hybridized carbons (Fsp3) is 0.417. The van der Waals surface area contributed by atoms with E-state index in [1.54, 1.807) is 18.2 Å². The molecule has 0 aliphatic carbocycles. The highest BCUT2D eigenvalue weighted by atomic mass is 35.5. The van der Waals surface area contributed by atoms with Crippen LogP contribution >= 0.6 is 23.2 Å². The SMILES string of the molecule is O=C(NC[C@@H]1CCCO1)c1cc(Cl)cc(Cl)c1. The quantitative estimate of drug-likeness (QED) is 0.920. The van der Waals surface area contributed by atoms with Gasteiger partial charge in [-0.2, -0.15) is 0 Å². The van der Waals surface area contributed by atoms with Gasteiger partial charge in [-0.05, 0) is 31.0 Å². The van der Waals surface area contributed by atoms with Gasteiger partial charge in [0.1, 0.15) is 0 Å². The minimum absolute atomic E-state index is 0.133. The van der Waals surface area contributed by atoms with Gasteiger partial charge in [0.05, 0.1) is 6.10 Å². The summed E-state index contributed by atoms with van der Waals surface area (Å²) in [4.78, 5) is 11.8. The van der Waals surface area contributed by atoms with Crippen molar-refractivity contribution in [2.45, 2.75) is 18.9 Å². The van der Waals surface area contributed by atoms with Crippen LogP contribution in [0.2, 0.25) is 10.0 Å². The molecular weight excluding hydrogens is 261 g/mol. The molecule has 0 spiro atoms. The van der Waals surface area contributed by atoms with E-state index in [-0.39, 0.29) is 12.0 Å². The molecule has 92 valence electrons. The van der Waals surface area contributed by atoms with Gasteiger partial charge in [-0.25, -0.2) is 0 Å². The summed E-state index contributed by atoms with van der Waals surface area (Å²) in [6.07, 6.45) is 2.19. The van der Waals surface area contributed by atoms with Gasteiger partial charge in [-0.1, -0.05) is 23.2 Å². The number of benzene rings is 1. The lowest BCUT2D eigenvalue weighted by Crippen LogP contribution is -2.31. The summed E-state index contributed by atoms with van der Waals surface area (Å²) in [5, 5.41) is 3.73. The minimum atomic E-state index is -0.176. The lowest BCUT2D eigenvalue weighted by Gasteiger charge is -2.11. The zero-order valence-corrected chi connectivity index (χ0v) is 10.7. The predicted octanol–water partition coefficient (Wildman–Crippen LogP) is 2.90. The highest BCUT2D eigenvalue weighted by Gasteiger charge is 2.16. The molecule has 1 heterocycles. The van der Waals surface area contributed by atoms with Crippen LogP contribution in [0.1, 0.15) is 23.2 Å². The molecule has 0 bridgehead atoms. The van der Waals surface area contributed by atoms with Crippen molar-refractivity contribution in [2.75, 3.05) is 13.2 Å². The first-order valence-corrected chi connectivity index (χ1v) is 6.26. The van der Waals surface area contributed by atoms with Gasteiger partial charge in [0.2, 0.25) is 0 Å². The van der Waals surface area contributed by atoms with Gasteiger partial charge in [0, 0.05) is 28.8 Å². The molecule has 1 aromatic carbocycles. The maximum atomic E-state index is 11.8. The smallest absolute Gasteiger partial charge is 0.251 e. The van der Waals surface area contributed by atoms with Crippen molar-refractivity contribution in [3.8, 4) is 0 Å². The van der Waals surface area contributed by atoms with E-state index in [0.29, 0.717) is 22.2 Å². The molecule has 1 aromatic rings. The van der Waals surface area contributed by atoms with Crippen LogP contribution < -0.4 is 5.32 Å². The van der Waals surface area contributed by atoms with Gasteiger partial charge < -0.3 is 10.1 Å². The maximum Gasteiger partial charge on any atom is 0.251 e. The highest BCUT2D eigenvalue weighted by molar-refractivity contribution is 6.35. The van der Waals surface area contributed by atoms with Gasteiger partial charge in [-0.3, -0.25) is 4.79 Å². The number of hydrogen-bond donors (Lipinski definition) is 1. The highest BCUT2D eigenvalue weighted by Crippen LogP contribution is 2.19. The van der Waals surface area contributed by atoms with E-state index >= 15 is 0 Å². The van der Waals surface area contributed by atoms with Crippen LogP contribution in [0.5, 0.6) is 0 Å². The molecule has 17 heavy (non-hydrogen) atoms. The zero-order valence-electron chi connectivity index (χ0n) is 9.21. The standard InChI is InChI=1S/C12H13Cl2NO2/c13-9-4-8(5-10(14)6-9)12(16)15-7-11-2-1-3-17-11/h4-6,11H,1-3,7H2,(H,15,16)/t11-/m0/s1. The van der Waals surface area contributed by atoms with E-state index < -0.39 is 0 Å². The molecule has 1 aliphatic heterocycles. The van der Waals surface area contributed by atoms with E-state index in [1.807, 2.05) is 0 Å². The Morgan fingerprint density at radius 2 is 2.06 bits per heavy atom. The summed E-state index contributed by atoms with van der Waals surface area (Å²) in [6, 6.07) is 4.79. The first-order valence-electron chi connectivity index (χ1n) is 5.51. The summed E-state index contributed by atoms with van der Waals surface area (Å²) >= 11 is 11.7. The van der Waals surface area contributed by atoms with Crippen LogP contribution in [-0.2, 0) is 4.74 Å². The molecule has 0 radical (unpaired) electrons. The molecule has 1 amide bonds. The van der Waals surface area contributed by atoms with Crippen LogP contribution in [0.4, 0.5) is 0 Å². The third-order valence-corrected chi connectivity index (χ3v) is 3.08. The first-order chi connectivity index (χ1) is 8.15. The summed E-state index contributed by atoms with van der Waals surface area (Å²) in [6.45, 7) is 1.31. The topological polar surface area (TPSA) is 38.3 Å². The molecule has 3 nitrogen and oxygen atoms in total. The van der Waals surface area contributed by atoms with Crippen molar-refractivity contribution in [1.82, 2.24) is 5.32 Å². The Balaban J connectivity index is 1.94. The van der Waals surface area contributed by atoms with Crippen molar-refractivity contribution in [2.24, 2.45) is 0 Å². The summed E-state index contributed by atoms with van der Waals surface area (Å²) in [5.74, 6) is -0.176. The number of amides is 1. The second kappa shape index (κ2) is 5.71. The van der Waals surface area contributed by atoms with Crippen LogP contribution in [0.15, 0.2) is 18.2 Å². The summed E-state index contributed by atoms with van der Waals surface area (Å²) < 4.78 is 5.42.